The van der Waals surface area contributed by atoms with Gasteiger partial charge in [0, 0.05) is 37.8 Å². The van der Waals surface area contributed by atoms with Crippen molar-refractivity contribution in [2.75, 3.05) is 26.1 Å². The minimum atomic E-state index is -4.74. The summed E-state index contributed by atoms with van der Waals surface area (Å²) >= 11 is 0. The van der Waals surface area contributed by atoms with E-state index in [0.29, 0.717) is 16.6 Å². The monoisotopic (exact) mass is 462 g/mol. The summed E-state index contributed by atoms with van der Waals surface area (Å²) < 4.78 is 47.7. The van der Waals surface area contributed by atoms with Crippen LogP contribution in [0, 0.1) is 6.92 Å². The molecule has 3 aromatic rings. The van der Waals surface area contributed by atoms with Crippen molar-refractivity contribution >= 4 is 22.6 Å². The van der Waals surface area contributed by atoms with E-state index in [1.165, 1.54) is 37.9 Å². The van der Waals surface area contributed by atoms with Gasteiger partial charge in [-0.25, -0.2) is 0 Å². The van der Waals surface area contributed by atoms with Gasteiger partial charge in [0.15, 0.2) is 0 Å². The summed E-state index contributed by atoms with van der Waals surface area (Å²) in [6, 6.07) is 4.73. The Morgan fingerprint density at radius 1 is 1.27 bits per heavy atom. The second-order valence-electron chi connectivity index (χ2n) is 8.03. The summed E-state index contributed by atoms with van der Waals surface area (Å²) in [5.74, 6) is -0.615. The van der Waals surface area contributed by atoms with Gasteiger partial charge in [0.1, 0.15) is 6.04 Å². The predicted molar refractivity (Wildman–Crippen MR) is 120 cm³/mol. The largest absolute Gasteiger partial charge is 0.468 e. The predicted octanol–water partition coefficient (Wildman–Crippen LogP) is 3.04. The first-order valence-electron chi connectivity index (χ1n) is 10.1. The number of nitrogens with two attached hydrogens (primary N) is 1. The van der Waals surface area contributed by atoms with Crippen molar-refractivity contribution in [2.45, 2.75) is 25.6 Å². The van der Waals surface area contributed by atoms with Crippen molar-refractivity contribution in [1.29, 1.82) is 0 Å². The number of hydrogen-bond donors (Lipinski definition) is 1. The molecule has 0 radical (unpaired) electrons. The number of alkyl halides is 3. The summed E-state index contributed by atoms with van der Waals surface area (Å²) in [5.41, 5.74) is 5.39. The van der Waals surface area contributed by atoms with Crippen LogP contribution in [-0.2, 0) is 29.2 Å². The highest BCUT2D eigenvalue weighted by Crippen LogP contribution is 2.39. The zero-order chi connectivity index (χ0) is 24.7. The van der Waals surface area contributed by atoms with Crippen LogP contribution in [0.5, 0.6) is 0 Å². The van der Waals surface area contributed by atoms with E-state index in [4.69, 9.17) is 5.73 Å². The maximum absolute atomic E-state index is 13.9. The van der Waals surface area contributed by atoms with Gasteiger partial charge in [-0.1, -0.05) is 12.1 Å². The smallest absolute Gasteiger partial charge is 0.417 e. The summed E-state index contributed by atoms with van der Waals surface area (Å²) in [4.78, 5) is 31.1. The Morgan fingerprint density at radius 2 is 1.94 bits per heavy atom. The molecule has 0 aliphatic carbocycles. The lowest BCUT2D eigenvalue weighted by molar-refractivity contribution is -0.142. The fourth-order valence-electron chi connectivity index (χ4n) is 3.67. The number of anilines is 1. The van der Waals surface area contributed by atoms with E-state index in [2.05, 4.69) is 9.72 Å². The van der Waals surface area contributed by atoms with E-state index in [1.807, 2.05) is 0 Å². The molecule has 1 atom stereocenters. The molecule has 0 spiro atoms. The SMILES string of the molecule is COC(=O)[C@@H](N)Cc1ccc(-c2c(C(F)(F)F)cc(C)n(C)c2=O)c2ncc(N(C)C)cc12. The maximum atomic E-state index is 13.9. The summed E-state index contributed by atoms with van der Waals surface area (Å²) in [6.45, 7) is 1.44. The van der Waals surface area contributed by atoms with E-state index in [9.17, 15) is 22.8 Å². The molecule has 10 heteroatoms. The molecule has 0 bridgehead atoms. The number of ether oxygens (including phenoxy) is 1. The summed E-state index contributed by atoms with van der Waals surface area (Å²) in [7, 11) is 6.24. The number of nitrogens with zero attached hydrogens (tertiary/aromatic N) is 3. The number of benzene rings is 1. The van der Waals surface area contributed by atoms with Gasteiger partial charge in [0.2, 0.25) is 0 Å². The Morgan fingerprint density at radius 3 is 2.52 bits per heavy atom. The molecule has 2 N–H and O–H groups in total. The topological polar surface area (TPSA) is 90.4 Å². The van der Waals surface area contributed by atoms with Crippen molar-refractivity contribution in [1.82, 2.24) is 9.55 Å². The van der Waals surface area contributed by atoms with E-state index in [0.717, 1.165) is 6.07 Å². The first-order valence-corrected chi connectivity index (χ1v) is 10.1. The zero-order valence-corrected chi connectivity index (χ0v) is 18.9. The van der Waals surface area contributed by atoms with Crippen molar-refractivity contribution in [2.24, 2.45) is 12.8 Å². The lowest BCUT2D eigenvalue weighted by Crippen LogP contribution is -2.33. The molecule has 0 saturated heterocycles. The highest BCUT2D eigenvalue weighted by molar-refractivity contribution is 5.98. The third kappa shape index (κ3) is 4.56. The molecule has 0 unspecified atom stereocenters. The van der Waals surface area contributed by atoms with Gasteiger partial charge in [-0.05, 0) is 31.0 Å². The van der Waals surface area contributed by atoms with Gasteiger partial charge in [0.25, 0.3) is 5.56 Å². The Labute approximate surface area is 188 Å². The molecular formula is C23H25F3N4O3. The molecule has 33 heavy (non-hydrogen) atoms. The normalized spacial score (nSPS) is 12.6. The number of fused-ring (bicyclic) bond motifs is 1. The molecule has 0 aliphatic heterocycles. The standard InChI is InChI=1S/C23H25F3N4O3/c1-12-8-17(23(24,25)26)19(21(31)30(12)4)15-7-6-13(9-18(27)22(32)33-5)16-10-14(29(2)3)11-28-20(15)16/h6-8,10-11,18H,9,27H2,1-5H3/t18-/m0/s1. The Bertz CT molecular complexity index is 1280. The van der Waals surface area contributed by atoms with Gasteiger partial charge < -0.3 is 19.9 Å². The Kier molecular flexibility index (Phi) is 6.51. The molecule has 7 nitrogen and oxygen atoms in total. The number of carbonyl (C=O) groups is 1. The molecule has 0 amide bonds. The number of esters is 1. The number of methoxy groups -OCH3 is 1. The lowest BCUT2D eigenvalue weighted by atomic mass is 9.93. The van der Waals surface area contributed by atoms with Crippen LogP contribution >= 0.6 is 0 Å². The quantitative estimate of drug-likeness (QED) is 0.587. The average Bonchev–Trinajstić information content (AvgIpc) is 2.76. The van der Waals surface area contributed by atoms with E-state index in [-0.39, 0.29) is 23.2 Å². The summed E-state index contributed by atoms with van der Waals surface area (Å²) in [5, 5.41) is 0.494. The number of pyridine rings is 2. The van der Waals surface area contributed by atoms with Gasteiger partial charge in [0.05, 0.1) is 35.6 Å². The highest BCUT2D eigenvalue weighted by Gasteiger charge is 2.36. The third-order valence-electron chi connectivity index (χ3n) is 5.63. The van der Waals surface area contributed by atoms with E-state index in [1.54, 1.807) is 31.1 Å². The maximum Gasteiger partial charge on any atom is 0.417 e. The molecular weight excluding hydrogens is 437 g/mol. The second-order valence-corrected chi connectivity index (χ2v) is 8.03. The van der Waals surface area contributed by atoms with Crippen LogP contribution in [0.25, 0.3) is 22.0 Å². The number of hydrogen-bond acceptors (Lipinski definition) is 6. The summed E-state index contributed by atoms with van der Waals surface area (Å²) in [6.07, 6.45) is -3.14. The lowest BCUT2D eigenvalue weighted by Gasteiger charge is -2.19. The van der Waals surface area contributed by atoms with Crippen LogP contribution in [0.1, 0.15) is 16.8 Å². The van der Waals surface area contributed by atoms with Gasteiger partial charge in [-0.3, -0.25) is 14.6 Å². The molecule has 0 fully saturated rings. The Balaban J connectivity index is 2.38. The molecule has 2 aromatic heterocycles. The fourth-order valence-corrected chi connectivity index (χ4v) is 3.67. The molecule has 0 aliphatic rings. The number of rotatable bonds is 5. The van der Waals surface area contributed by atoms with E-state index < -0.39 is 34.9 Å². The molecule has 0 saturated carbocycles. The number of aryl methyl sites for hydroxylation is 1. The first-order chi connectivity index (χ1) is 15.4. The minimum Gasteiger partial charge on any atom is -0.468 e. The zero-order valence-electron chi connectivity index (χ0n) is 18.9. The third-order valence-corrected chi connectivity index (χ3v) is 5.63. The van der Waals surface area contributed by atoms with Gasteiger partial charge in [-0.15, -0.1) is 0 Å². The minimum absolute atomic E-state index is 0.0543. The van der Waals surface area contributed by atoms with Crippen molar-refractivity contribution < 1.29 is 22.7 Å². The van der Waals surface area contributed by atoms with Crippen LogP contribution in [0.15, 0.2) is 35.3 Å². The Hall–Kier alpha value is -3.40. The number of halogens is 3. The van der Waals surface area contributed by atoms with Crippen molar-refractivity contribution in [3.05, 3.63) is 57.6 Å². The van der Waals surface area contributed by atoms with E-state index >= 15 is 0 Å². The van der Waals surface area contributed by atoms with Crippen molar-refractivity contribution in [3.8, 4) is 11.1 Å². The van der Waals surface area contributed by atoms with Crippen LogP contribution in [-0.4, -0.2) is 42.8 Å². The van der Waals surface area contributed by atoms with Crippen LogP contribution in [0.4, 0.5) is 18.9 Å². The van der Waals surface area contributed by atoms with Crippen molar-refractivity contribution in [3.63, 3.8) is 0 Å². The van der Waals surface area contributed by atoms with Crippen LogP contribution < -0.4 is 16.2 Å². The number of aromatic nitrogens is 2. The van der Waals surface area contributed by atoms with Gasteiger partial charge >= 0.3 is 12.1 Å². The molecule has 2 heterocycles. The van der Waals surface area contributed by atoms with Crippen LogP contribution in [0.3, 0.4) is 0 Å². The number of carbonyl (C=O) groups excluding carboxylic acids is 1. The molecule has 176 valence electrons. The first kappa shape index (κ1) is 24.2. The average molecular weight is 462 g/mol. The van der Waals surface area contributed by atoms with Crippen LogP contribution in [0.2, 0.25) is 0 Å². The molecule has 3 rings (SSSR count). The fraction of sp³-hybridized carbons (Fsp3) is 0.348. The highest BCUT2D eigenvalue weighted by atomic mass is 19.4. The van der Waals surface area contributed by atoms with Gasteiger partial charge in [-0.2, -0.15) is 13.2 Å². The molecule has 1 aromatic carbocycles. The second kappa shape index (κ2) is 8.86.